The first-order valence-corrected chi connectivity index (χ1v) is 11.2. The molecule has 2 aliphatic carbocycles. The lowest BCUT2D eigenvalue weighted by Gasteiger charge is -2.30. The van der Waals surface area contributed by atoms with Crippen LogP contribution < -0.4 is 4.74 Å². The largest absolute Gasteiger partial charge is 0.417 e. The molecule has 29 heavy (non-hydrogen) atoms. The number of nitriles is 1. The molecule has 150 valence electrons. The first-order chi connectivity index (χ1) is 13.8. The van der Waals surface area contributed by atoms with Crippen LogP contribution in [-0.2, 0) is 5.41 Å². The van der Waals surface area contributed by atoms with E-state index in [0.717, 1.165) is 23.0 Å². The van der Waals surface area contributed by atoms with Crippen molar-refractivity contribution in [3.63, 3.8) is 0 Å². The first kappa shape index (κ1) is 20.9. The summed E-state index contributed by atoms with van der Waals surface area (Å²) < 4.78 is 6.91. The van der Waals surface area contributed by atoms with E-state index in [1.165, 1.54) is 11.1 Å². The van der Waals surface area contributed by atoms with Gasteiger partial charge in [-0.3, -0.25) is 9.88 Å². The summed E-state index contributed by atoms with van der Waals surface area (Å²) in [5, 5.41) is 10.5. The second kappa shape index (κ2) is 7.69. The SMILES string of the molecule is N#CC1(N(CC2(c3ncc(Br)cc3Cl)CC2)C(=O)Oc2ncc(Br)cc2Cl)CC1. The third-order valence-corrected chi connectivity index (χ3v) is 6.68. The standard InChI is InChI=1S/C19H14Br2Cl2N4O2/c20-11-5-13(22)15(25-7-11)18(1-2-18)10-27(19(9-24)3-4-19)17(28)29-16-14(23)6-12(21)8-26-16/h5-8H,1-4,10H2. The van der Waals surface area contributed by atoms with E-state index in [9.17, 15) is 10.1 Å². The monoisotopic (exact) mass is 558 g/mol. The fraction of sp³-hybridized carbons (Fsp3) is 0.368. The lowest BCUT2D eigenvalue weighted by molar-refractivity contribution is 0.129. The number of halogens is 4. The minimum atomic E-state index is -0.879. The highest BCUT2D eigenvalue weighted by molar-refractivity contribution is 9.10. The molecule has 0 aliphatic heterocycles. The van der Waals surface area contributed by atoms with Crippen molar-refractivity contribution in [2.75, 3.05) is 6.54 Å². The van der Waals surface area contributed by atoms with E-state index in [-0.39, 0.29) is 16.3 Å². The molecule has 0 atom stereocenters. The molecule has 0 aromatic carbocycles. The van der Waals surface area contributed by atoms with Crippen molar-refractivity contribution < 1.29 is 9.53 Å². The molecule has 0 unspecified atom stereocenters. The quantitative estimate of drug-likeness (QED) is 0.455. The van der Waals surface area contributed by atoms with Gasteiger partial charge in [0.15, 0.2) is 0 Å². The lowest BCUT2D eigenvalue weighted by Crippen LogP contribution is -2.47. The van der Waals surface area contributed by atoms with E-state index in [1.54, 1.807) is 18.3 Å². The van der Waals surface area contributed by atoms with Crippen molar-refractivity contribution in [1.82, 2.24) is 14.9 Å². The molecule has 1 amide bonds. The van der Waals surface area contributed by atoms with Gasteiger partial charge in [-0.1, -0.05) is 23.2 Å². The van der Waals surface area contributed by atoms with Crippen LogP contribution in [-0.4, -0.2) is 33.0 Å². The number of hydrogen-bond donors (Lipinski definition) is 0. The number of pyridine rings is 2. The van der Waals surface area contributed by atoms with Crippen LogP contribution in [0.2, 0.25) is 10.0 Å². The van der Waals surface area contributed by atoms with E-state index in [4.69, 9.17) is 27.9 Å². The third-order valence-electron chi connectivity index (χ3n) is 5.25. The molecule has 4 rings (SSSR count). The highest BCUT2D eigenvalue weighted by Gasteiger charge is 2.57. The van der Waals surface area contributed by atoms with Crippen LogP contribution in [0.5, 0.6) is 5.88 Å². The number of carbonyl (C=O) groups excluding carboxylic acids is 1. The van der Waals surface area contributed by atoms with Gasteiger partial charge in [0.05, 0.1) is 16.8 Å². The number of rotatable bonds is 5. The predicted octanol–water partition coefficient (Wildman–Crippen LogP) is 5.90. The van der Waals surface area contributed by atoms with E-state index in [0.29, 0.717) is 28.9 Å². The van der Waals surface area contributed by atoms with Crippen LogP contribution in [0.25, 0.3) is 0 Å². The zero-order valence-corrected chi connectivity index (χ0v) is 19.6. The van der Waals surface area contributed by atoms with Crippen molar-refractivity contribution >= 4 is 61.2 Å². The van der Waals surface area contributed by atoms with Crippen molar-refractivity contribution in [3.05, 3.63) is 49.2 Å². The molecule has 2 saturated carbocycles. The third kappa shape index (κ3) is 4.11. The van der Waals surface area contributed by atoms with Gasteiger partial charge in [-0.05, 0) is 69.7 Å². The number of amides is 1. The summed E-state index contributed by atoms with van der Waals surface area (Å²) >= 11 is 19.2. The van der Waals surface area contributed by atoms with E-state index in [2.05, 4.69) is 47.9 Å². The normalized spacial score (nSPS) is 17.9. The summed E-state index contributed by atoms with van der Waals surface area (Å²) in [5.74, 6) is 0.00301. The topological polar surface area (TPSA) is 79.1 Å². The summed E-state index contributed by atoms with van der Waals surface area (Å²) in [6.45, 7) is 0.294. The highest BCUT2D eigenvalue weighted by Crippen LogP contribution is 2.53. The Morgan fingerprint density at radius 2 is 1.76 bits per heavy atom. The maximum absolute atomic E-state index is 13.1. The summed E-state index contributed by atoms with van der Waals surface area (Å²) in [7, 11) is 0. The van der Waals surface area contributed by atoms with E-state index >= 15 is 0 Å². The molecule has 2 aromatic rings. The molecule has 0 N–H and O–H groups in total. The Labute approximate surface area is 194 Å². The summed E-state index contributed by atoms with van der Waals surface area (Å²) in [4.78, 5) is 23.1. The van der Waals surface area contributed by atoms with Gasteiger partial charge in [-0.15, -0.1) is 0 Å². The van der Waals surface area contributed by atoms with Gasteiger partial charge in [0.1, 0.15) is 10.6 Å². The Balaban J connectivity index is 1.62. The molecule has 0 spiro atoms. The number of aromatic nitrogens is 2. The van der Waals surface area contributed by atoms with Crippen molar-refractivity contribution in [2.24, 2.45) is 0 Å². The summed E-state index contributed by atoms with van der Waals surface area (Å²) in [5.41, 5.74) is -0.537. The lowest BCUT2D eigenvalue weighted by atomic mass is 9.99. The van der Waals surface area contributed by atoms with Crippen LogP contribution in [0.4, 0.5) is 4.79 Å². The van der Waals surface area contributed by atoms with Gasteiger partial charge in [0, 0.05) is 33.3 Å². The average molecular weight is 561 g/mol. The number of hydrogen-bond acceptors (Lipinski definition) is 5. The minimum Gasteiger partial charge on any atom is -0.389 e. The second-order valence-electron chi connectivity index (χ2n) is 7.30. The van der Waals surface area contributed by atoms with Gasteiger partial charge in [0.2, 0.25) is 5.88 Å². The van der Waals surface area contributed by atoms with Gasteiger partial charge < -0.3 is 4.74 Å². The highest BCUT2D eigenvalue weighted by atomic mass is 79.9. The molecule has 0 radical (unpaired) electrons. The zero-order valence-electron chi connectivity index (χ0n) is 15.0. The van der Waals surface area contributed by atoms with Crippen LogP contribution >= 0.6 is 55.1 Å². The number of nitrogens with zero attached hydrogens (tertiary/aromatic N) is 4. The Morgan fingerprint density at radius 3 is 2.28 bits per heavy atom. The molecule has 2 aliphatic rings. The summed E-state index contributed by atoms with van der Waals surface area (Å²) in [6, 6.07) is 5.65. The zero-order chi connectivity index (χ0) is 20.8. The minimum absolute atomic E-state index is 0.00301. The van der Waals surface area contributed by atoms with Gasteiger partial charge in [-0.25, -0.2) is 9.78 Å². The van der Waals surface area contributed by atoms with Crippen molar-refractivity contribution in [1.29, 1.82) is 5.26 Å². The molecular weight excluding hydrogens is 547 g/mol. The van der Waals surface area contributed by atoms with E-state index < -0.39 is 11.6 Å². The van der Waals surface area contributed by atoms with Gasteiger partial charge >= 0.3 is 6.09 Å². The molecule has 10 heteroatoms. The molecule has 0 bridgehead atoms. The molecular formula is C19H14Br2Cl2N4O2. The maximum atomic E-state index is 13.1. The molecule has 0 saturated heterocycles. The number of ether oxygens (including phenoxy) is 1. The maximum Gasteiger partial charge on any atom is 0.417 e. The van der Waals surface area contributed by atoms with Crippen molar-refractivity contribution in [2.45, 2.75) is 36.6 Å². The fourth-order valence-corrected chi connectivity index (χ4v) is 4.79. The summed E-state index contributed by atoms with van der Waals surface area (Å²) in [6.07, 6.45) is 5.36. The molecule has 2 aromatic heterocycles. The number of carbonyl (C=O) groups is 1. The molecule has 2 fully saturated rings. The average Bonchev–Trinajstić information content (AvgIpc) is 3.58. The van der Waals surface area contributed by atoms with Gasteiger partial charge in [-0.2, -0.15) is 5.26 Å². The van der Waals surface area contributed by atoms with Gasteiger partial charge in [0.25, 0.3) is 0 Å². The first-order valence-electron chi connectivity index (χ1n) is 8.82. The van der Waals surface area contributed by atoms with Crippen LogP contribution in [0.1, 0.15) is 31.4 Å². The molecule has 2 heterocycles. The Morgan fingerprint density at radius 1 is 1.14 bits per heavy atom. The van der Waals surface area contributed by atoms with Crippen LogP contribution in [0, 0.1) is 11.3 Å². The fourth-order valence-electron chi connectivity index (χ4n) is 3.29. The molecule has 6 nitrogen and oxygen atoms in total. The second-order valence-corrected chi connectivity index (χ2v) is 9.95. The van der Waals surface area contributed by atoms with Crippen LogP contribution in [0.3, 0.4) is 0 Å². The Bertz CT molecular complexity index is 1040. The van der Waals surface area contributed by atoms with Crippen molar-refractivity contribution in [3.8, 4) is 11.9 Å². The van der Waals surface area contributed by atoms with Crippen LogP contribution in [0.15, 0.2) is 33.5 Å². The van der Waals surface area contributed by atoms with E-state index in [1.807, 2.05) is 0 Å². The Kier molecular flexibility index (Phi) is 5.53. The Hall–Kier alpha value is -1.40. The predicted molar refractivity (Wildman–Crippen MR) is 115 cm³/mol. The smallest absolute Gasteiger partial charge is 0.389 e.